The van der Waals surface area contributed by atoms with Gasteiger partial charge in [-0.2, -0.15) is 0 Å². The van der Waals surface area contributed by atoms with Crippen molar-refractivity contribution in [1.29, 1.82) is 0 Å². The number of fused-ring (bicyclic) bond motifs is 3. The van der Waals surface area contributed by atoms with E-state index in [-0.39, 0.29) is 36.7 Å². The van der Waals surface area contributed by atoms with E-state index in [0.717, 1.165) is 58.0 Å². The molecular weight excluding hydrogens is 1000 g/mol. The van der Waals surface area contributed by atoms with E-state index in [1.165, 1.54) is 119 Å². The number of carbonyl (C=O) groups excluding carboxylic acids is 4. The zero-order chi connectivity index (χ0) is 55.7. The van der Waals surface area contributed by atoms with Crippen molar-refractivity contribution in [3.05, 3.63) is 109 Å². The van der Waals surface area contributed by atoms with Gasteiger partial charge in [0.05, 0.1) is 61.5 Å². The molecule has 2 atom stereocenters. The molecule has 2 unspecified atom stereocenters. The minimum Gasteiger partial charge on any atom is -0.769 e. The van der Waals surface area contributed by atoms with Gasteiger partial charge in [0.15, 0.2) is 30.4 Å². The van der Waals surface area contributed by atoms with Crippen LogP contribution in [0.4, 0.5) is 0 Å². The average Bonchev–Trinajstić information content (AvgIpc) is 4.28. The summed E-state index contributed by atoms with van der Waals surface area (Å²) in [6, 6.07) is 9.42. The molecule has 424 valence electrons. The van der Waals surface area contributed by atoms with Gasteiger partial charge < -0.3 is 56.3 Å². The lowest BCUT2D eigenvalue weighted by atomic mass is 10.1. The lowest BCUT2D eigenvalue weighted by molar-refractivity contribution is -0.929. The van der Waals surface area contributed by atoms with Crippen LogP contribution in [0.15, 0.2) is 105 Å². The molecule has 6 aromatic rings. The quantitative estimate of drug-likeness (QED) is 0.00853. The number of aromatic nitrogens is 3. The first-order valence-corrected chi connectivity index (χ1v) is 29.8. The fraction of sp³-hybridized carbons (Fsp3) is 0.525. The number of nitrogens with zero attached hydrogens (tertiary/aromatic N) is 1. The number of nitrogens with one attached hydrogen (secondary N) is 3. The van der Waals surface area contributed by atoms with E-state index in [4.69, 9.17) is 27.5 Å². The molecule has 17 nitrogen and oxygen atoms in total. The summed E-state index contributed by atoms with van der Waals surface area (Å²) in [6.45, 7) is 17.4. The molecule has 77 heavy (non-hydrogen) atoms. The monoisotopic (exact) mass is 1090 g/mol. The van der Waals surface area contributed by atoms with Crippen molar-refractivity contribution in [2.75, 3.05) is 46.1 Å². The van der Waals surface area contributed by atoms with Gasteiger partial charge in [0.1, 0.15) is 30.3 Å². The number of allylic oxidation sites excluding steroid dienone is 6. The second-order valence-electron chi connectivity index (χ2n) is 19.4. The van der Waals surface area contributed by atoms with Crippen molar-refractivity contribution in [1.82, 2.24) is 15.0 Å². The molecular formula is C59H85N4O13P. The molecule has 0 spiro atoms. The van der Waals surface area contributed by atoms with Gasteiger partial charge in [0.25, 0.3) is 0 Å². The van der Waals surface area contributed by atoms with E-state index in [9.17, 15) is 28.6 Å². The smallest absolute Gasteiger partial charge is 0.359 e. The lowest BCUT2D eigenvalue weighted by Crippen LogP contribution is -2.50. The molecule has 18 heteroatoms. The van der Waals surface area contributed by atoms with E-state index >= 15 is 0 Å². The molecule has 0 saturated carbocycles. The molecule has 6 rings (SSSR count). The summed E-state index contributed by atoms with van der Waals surface area (Å²) in [7, 11) is -4.06. The predicted octanol–water partition coefficient (Wildman–Crippen LogP) is 14.5. The van der Waals surface area contributed by atoms with E-state index in [0.29, 0.717) is 39.7 Å². The van der Waals surface area contributed by atoms with Gasteiger partial charge in [0, 0.05) is 49.5 Å². The number of esters is 3. The van der Waals surface area contributed by atoms with Crippen LogP contribution in [-0.4, -0.2) is 95.5 Å². The SMILES string of the molecule is CC/C=C/C/C=C/C/C=C/CCCCCCCC(=O)OCC(COC(=O)c1cc2occc2[nH]1)OC(=O)c1cc2occc2[nH]1.CCCC[N+](CCCC)(CCCC)CCCC.CP(=O)([O-])OC(=O)c1cc2occc2[nH]1. The largest absolute Gasteiger partial charge is 0.769 e. The topological polar surface area (TPSA) is 232 Å². The summed E-state index contributed by atoms with van der Waals surface area (Å²) in [5, 5.41) is 0. The number of aromatic amines is 3. The minimum absolute atomic E-state index is 0.0438. The number of H-pyrrole nitrogens is 3. The van der Waals surface area contributed by atoms with Gasteiger partial charge in [-0.3, -0.25) is 9.36 Å². The Kier molecular flexibility index (Phi) is 28.9. The first kappa shape index (κ1) is 63.2. The fourth-order valence-corrected chi connectivity index (χ4v) is 8.84. The maximum atomic E-state index is 12.8. The molecule has 0 aliphatic rings. The molecule has 6 aromatic heterocycles. The minimum atomic E-state index is -4.06. The molecule has 0 aliphatic heterocycles. The maximum absolute atomic E-state index is 12.8. The number of hydrogen-bond acceptors (Lipinski definition) is 13. The Bertz CT molecular complexity index is 2640. The summed E-state index contributed by atoms with van der Waals surface area (Å²) in [5.74, 6) is -2.69. The number of ether oxygens (including phenoxy) is 3. The van der Waals surface area contributed by atoms with Gasteiger partial charge in [-0.25, -0.2) is 14.4 Å². The zero-order valence-corrected chi connectivity index (χ0v) is 47.3. The summed E-state index contributed by atoms with van der Waals surface area (Å²) >= 11 is 0. The van der Waals surface area contributed by atoms with Gasteiger partial charge in [-0.05, 0) is 64.2 Å². The third kappa shape index (κ3) is 23.9. The number of carbonyl (C=O) groups is 4. The van der Waals surface area contributed by atoms with Gasteiger partial charge in [-0.15, -0.1) is 0 Å². The molecule has 0 bridgehead atoms. The number of hydrogen-bond donors (Lipinski definition) is 3. The molecule has 0 fully saturated rings. The number of furan rings is 3. The molecule has 0 aliphatic carbocycles. The second-order valence-corrected chi connectivity index (χ2v) is 21.1. The van der Waals surface area contributed by atoms with Crippen LogP contribution in [-0.2, 0) is 28.1 Å². The lowest BCUT2D eigenvalue weighted by Gasteiger charge is -2.39. The highest BCUT2D eigenvalue weighted by Gasteiger charge is 2.26. The van der Waals surface area contributed by atoms with Crippen LogP contribution < -0.4 is 4.89 Å². The van der Waals surface area contributed by atoms with Crippen molar-refractivity contribution in [2.45, 2.75) is 156 Å². The van der Waals surface area contributed by atoms with Crippen LogP contribution in [0.3, 0.4) is 0 Å². The van der Waals surface area contributed by atoms with Crippen LogP contribution in [0.25, 0.3) is 33.3 Å². The van der Waals surface area contributed by atoms with Crippen LogP contribution in [0.5, 0.6) is 0 Å². The van der Waals surface area contributed by atoms with E-state index in [1.807, 2.05) is 0 Å². The van der Waals surface area contributed by atoms with Gasteiger partial charge >= 0.3 is 23.9 Å². The first-order valence-electron chi connectivity index (χ1n) is 27.8. The number of rotatable bonds is 34. The highest BCUT2D eigenvalue weighted by atomic mass is 31.2. The Morgan fingerprint density at radius 1 is 0.571 bits per heavy atom. The van der Waals surface area contributed by atoms with E-state index in [1.54, 1.807) is 18.2 Å². The Morgan fingerprint density at radius 2 is 1.00 bits per heavy atom. The third-order valence-electron chi connectivity index (χ3n) is 12.7. The summed E-state index contributed by atoms with van der Waals surface area (Å²) < 4.78 is 48.2. The van der Waals surface area contributed by atoms with Crippen LogP contribution in [0.2, 0.25) is 0 Å². The molecule has 0 aromatic carbocycles. The summed E-state index contributed by atoms with van der Waals surface area (Å²) in [5.41, 5.74) is 3.79. The Hall–Kier alpha value is -6.29. The van der Waals surface area contributed by atoms with E-state index < -0.39 is 37.6 Å². The van der Waals surface area contributed by atoms with Crippen molar-refractivity contribution in [2.24, 2.45) is 0 Å². The predicted molar refractivity (Wildman–Crippen MR) is 300 cm³/mol. The standard InChI is InChI=1S/C35H42N2O8.C16H36N.C8H8NO5P/c1-2-3-4-5-6-7-8-9-10-11-12-13-14-15-16-17-33(38)43-24-26(45-35(40)30-23-32-28(37-30)19-21-42-32)25-44-34(39)29-22-31-27(36-29)18-20-41-31;1-5-9-13-17(14-10-6-2,15-11-7-3)16-12-8-4;1-15(11,12)14-8(10)6-4-7-5(9-6)2-3-13-7/h3-4,6-7,9-10,18-23,26,36-37H,2,5,8,11-17,24-25H2,1H3;5-16H2,1-4H3;2-4,9H,1H3,(H,11,12)/q;+1;/p-1/b4-3+,7-6+,10-9+;;. The Labute approximate surface area is 454 Å². The first-order chi connectivity index (χ1) is 37.2. The van der Waals surface area contributed by atoms with Crippen molar-refractivity contribution in [3.8, 4) is 0 Å². The Morgan fingerprint density at radius 3 is 1.47 bits per heavy atom. The van der Waals surface area contributed by atoms with Crippen LogP contribution in [0, 0.1) is 0 Å². The van der Waals surface area contributed by atoms with Crippen molar-refractivity contribution >= 4 is 64.8 Å². The van der Waals surface area contributed by atoms with Gasteiger partial charge in [-0.1, -0.05) is 116 Å². The summed E-state index contributed by atoms with van der Waals surface area (Å²) in [4.78, 5) is 68.3. The maximum Gasteiger partial charge on any atom is 0.359 e. The molecule has 0 amide bonds. The average molecular weight is 1090 g/mol. The van der Waals surface area contributed by atoms with Crippen LogP contribution in [0.1, 0.15) is 182 Å². The third-order valence-corrected chi connectivity index (χ3v) is 13.2. The molecule has 0 radical (unpaired) electrons. The van der Waals surface area contributed by atoms with Gasteiger partial charge in [0.2, 0.25) is 0 Å². The second kappa shape index (κ2) is 35.2. The van der Waals surface area contributed by atoms with Crippen molar-refractivity contribution in [3.63, 3.8) is 0 Å². The fourth-order valence-electron chi connectivity index (χ4n) is 8.44. The summed E-state index contributed by atoms with van der Waals surface area (Å²) in [6.07, 6.45) is 36.9. The normalized spacial score (nSPS) is 13.0. The molecule has 3 N–H and O–H groups in total. The van der Waals surface area contributed by atoms with E-state index in [2.05, 4.69) is 90.6 Å². The van der Waals surface area contributed by atoms with Crippen LogP contribution >= 0.6 is 7.60 Å². The molecule has 0 saturated heterocycles. The highest BCUT2D eigenvalue weighted by molar-refractivity contribution is 7.51. The zero-order valence-electron chi connectivity index (χ0n) is 46.4. The number of quaternary nitrogens is 1. The highest BCUT2D eigenvalue weighted by Crippen LogP contribution is 2.33. The molecule has 6 heterocycles. The Balaban J connectivity index is 0.000000324. The number of unbranched alkanes of at least 4 members (excludes halogenated alkanes) is 9. The van der Waals surface area contributed by atoms with Crippen molar-refractivity contribution < 1.29 is 65.1 Å².